The normalized spacial score (nSPS) is 15.0. The zero-order chi connectivity index (χ0) is 22.1. The third kappa shape index (κ3) is 7.43. The van der Waals surface area contributed by atoms with Crippen molar-refractivity contribution in [1.29, 1.82) is 0 Å². The molecule has 166 valence electrons. The van der Waals surface area contributed by atoms with Crippen LogP contribution in [0.5, 0.6) is 0 Å². The Bertz CT molecular complexity index is 909. The molecule has 2 N–H and O–H groups in total. The minimum atomic E-state index is -0.612. The number of likely N-dealkylation sites (tertiary alicyclic amines) is 1. The van der Waals surface area contributed by atoms with Crippen LogP contribution in [0.1, 0.15) is 51.9 Å². The summed E-state index contributed by atoms with van der Waals surface area (Å²) in [6.45, 7) is 3.77. The predicted octanol–water partition coefficient (Wildman–Crippen LogP) is 3.29. The summed E-state index contributed by atoms with van der Waals surface area (Å²) in [5.41, 5.74) is 1.47. The lowest BCUT2D eigenvalue weighted by molar-refractivity contribution is -0.127. The van der Waals surface area contributed by atoms with E-state index in [4.69, 9.17) is 0 Å². The highest BCUT2D eigenvalue weighted by Gasteiger charge is 2.23. The molecule has 2 amide bonds. The van der Waals surface area contributed by atoms with E-state index in [-0.39, 0.29) is 17.6 Å². The van der Waals surface area contributed by atoms with Gasteiger partial charge in [0.1, 0.15) is 11.8 Å². The summed E-state index contributed by atoms with van der Waals surface area (Å²) in [7, 11) is 0. The molecule has 0 bridgehead atoms. The molecule has 2 heterocycles. The van der Waals surface area contributed by atoms with Gasteiger partial charge < -0.3 is 15.4 Å². The second kappa shape index (κ2) is 11.6. The third-order valence-electron chi connectivity index (χ3n) is 5.60. The van der Waals surface area contributed by atoms with Crippen molar-refractivity contribution in [3.63, 3.8) is 0 Å². The number of nitrogens with one attached hydrogen (secondary N) is 2. The maximum atomic E-state index is 13.0. The molecule has 0 radical (unpaired) electrons. The fraction of sp³-hybridized carbons (Fsp3) is 0.500. The largest absolute Gasteiger partial charge is 0.343 e. The van der Waals surface area contributed by atoms with Crippen molar-refractivity contribution in [2.24, 2.45) is 0 Å². The van der Waals surface area contributed by atoms with E-state index >= 15 is 0 Å². The summed E-state index contributed by atoms with van der Waals surface area (Å²) in [6.07, 6.45) is 7.38. The first-order valence-electron chi connectivity index (χ1n) is 11.2. The van der Waals surface area contributed by atoms with Crippen LogP contribution in [0.3, 0.4) is 0 Å². The van der Waals surface area contributed by atoms with Crippen molar-refractivity contribution in [1.82, 2.24) is 15.2 Å². The Kier molecular flexibility index (Phi) is 8.53. The van der Waals surface area contributed by atoms with Gasteiger partial charge in [0.2, 0.25) is 11.8 Å². The average Bonchev–Trinajstić information content (AvgIpc) is 3.25. The Hall–Kier alpha value is -2.80. The van der Waals surface area contributed by atoms with Crippen LogP contribution in [0.25, 0.3) is 10.9 Å². The van der Waals surface area contributed by atoms with E-state index in [2.05, 4.69) is 20.5 Å². The molecule has 1 unspecified atom stereocenters. The molecular formula is C24H32N4O3. The zero-order valence-corrected chi connectivity index (χ0v) is 18.2. The Morgan fingerprint density at radius 1 is 1.10 bits per heavy atom. The van der Waals surface area contributed by atoms with Gasteiger partial charge in [-0.05, 0) is 57.8 Å². The van der Waals surface area contributed by atoms with Gasteiger partial charge >= 0.3 is 0 Å². The van der Waals surface area contributed by atoms with Crippen molar-refractivity contribution in [3.8, 4) is 0 Å². The number of carbonyl (C=O) groups excluding carboxylic acids is 3. The van der Waals surface area contributed by atoms with E-state index < -0.39 is 6.04 Å². The number of hydrogen-bond acceptors (Lipinski definition) is 5. The Morgan fingerprint density at radius 2 is 1.87 bits per heavy atom. The molecular weight excluding hydrogens is 392 g/mol. The number of unbranched alkanes of at least 4 members (excludes halogenated alkanes) is 2. The summed E-state index contributed by atoms with van der Waals surface area (Å²) in [6, 6.07) is 8.99. The minimum Gasteiger partial charge on any atom is -0.343 e. The predicted molar refractivity (Wildman–Crippen MR) is 122 cm³/mol. The SMILES string of the molecule is CC(=O)CCCCCC(NC(=O)CN1CCCC1)C(=O)Nc1cnc2ccccc2c1. The van der Waals surface area contributed by atoms with Gasteiger partial charge in [-0.15, -0.1) is 0 Å². The lowest BCUT2D eigenvalue weighted by Crippen LogP contribution is -2.47. The van der Waals surface area contributed by atoms with Crippen molar-refractivity contribution < 1.29 is 14.4 Å². The quantitative estimate of drug-likeness (QED) is 0.540. The first-order valence-corrected chi connectivity index (χ1v) is 11.2. The second-order valence-electron chi connectivity index (χ2n) is 8.31. The van der Waals surface area contributed by atoms with Gasteiger partial charge in [0.25, 0.3) is 0 Å². The first-order chi connectivity index (χ1) is 15.0. The highest BCUT2D eigenvalue weighted by molar-refractivity contribution is 5.98. The van der Waals surface area contributed by atoms with Gasteiger partial charge in [-0.1, -0.05) is 31.0 Å². The number of fused-ring (bicyclic) bond motifs is 1. The molecule has 0 saturated carbocycles. The third-order valence-corrected chi connectivity index (χ3v) is 5.60. The van der Waals surface area contributed by atoms with Crippen molar-refractivity contribution >= 4 is 34.2 Å². The Balaban J connectivity index is 1.60. The van der Waals surface area contributed by atoms with Gasteiger partial charge in [-0.3, -0.25) is 19.5 Å². The summed E-state index contributed by atoms with van der Waals surface area (Å²) in [5.74, 6) is -0.183. The smallest absolute Gasteiger partial charge is 0.246 e. The zero-order valence-electron chi connectivity index (χ0n) is 18.2. The number of rotatable bonds is 11. The van der Waals surface area contributed by atoms with E-state index in [1.165, 1.54) is 0 Å². The fourth-order valence-corrected chi connectivity index (χ4v) is 3.92. The van der Waals surface area contributed by atoms with E-state index in [0.717, 1.165) is 56.1 Å². The van der Waals surface area contributed by atoms with Gasteiger partial charge in [0.15, 0.2) is 0 Å². The highest BCUT2D eigenvalue weighted by Crippen LogP contribution is 2.17. The van der Waals surface area contributed by atoms with Crippen LogP contribution in [-0.2, 0) is 14.4 Å². The van der Waals surface area contributed by atoms with Crippen LogP contribution < -0.4 is 10.6 Å². The molecule has 31 heavy (non-hydrogen) atoms. The minimum absolute atomic E-state index is 0.123. The number of nitrogens with zero attached hydrogens (tertiary/aromatic N) is 2. The summed E-state index contributed by atoms with van der Waals surface area (Å²) in [5, 5.41) is 6.77. The molecule has 7 heteroatoms. The van der Waals surface area contributed by atoms with Gasteiger partial charge in [-0.25, -0.2) is 0 Å². The first kappa shape index (κ1) is 22.9. The lowest BCUT2D eigenvalue weighted by Gasteiger charge is -2.21. The fourth-order valence-electron chi connectivity index (χ4n) is 3.92. The van der Waals surface area contributed by atoms with Gasteiger partial charge in [-0.2, -0.15) is 0 Å². The molecule has 1 fully saturated rings. The number of carbonyl (C=O) groups is 3. The summed E-state index contributed by atoms with van der Waals surface area (Å²) >= 11 is 0. The Labute approximate surface area is 183 Å². The number of aromatic nitrogens is 1. The van der Waals surface area contributed by atoms with Gasteiger partial charge in [0, 0.05) is 11.8 Å². The van der Waals surface area contributed by atoms with Gasteiger partial charge in [0.05, 0.1) is 23.9 Å². The number of benzene rings is 1. The molecule has 3 rings (SSSR count). The number of Topliss-reactive ketones (excluding diaryl/α,β-unsaturated/α-hetero) is 1. The van der Waals surface area contributed by atoms with Crippen LogP contribution in [-0.4, -0.2) is 53.2 Å². The number of ketones is 1. The van der Waals surface area contributed by atoms with Crippen LogP contribution in [0.2, 0.25) is 0 Å². The second-order valence-corrected chi connectivity index (χ2v) is 8.31. The Morgan fingerprint density at radius 3 is 2.65 bits per heavy atom. The number of para-hydroxylation sites is 1. The molecule has 0 aliphatic carbocycles. The summed E-state index contributed by atoms with van der Waals surface area (Å²) < 4.78 is 0. The van der Waals surface area contributed by atoms with E-state index in [1.54, 1.807) is 13.1 Å². The molecule has 2 aromatic rings. The van der Waals surface area contributed by atoms with Crippen molar-refractivity contribution in [2.75, 3.05) is 25.0 Å². The summed E-state index contributed by atoms with van der Waals surface area (Å²) in [4.78, 5) is 43.1. The van der Waals surface area contributed by atoms with Crippen LogP contribution in [0, 0.1) is 0 Å². The molecule has 1 atom stereocenters. The van der Waals surface area contributed by atoms with Crippen molar-refractivity contribution in [2.45, 2.75) is 57.9 Å². The molecule has 1 saturated heterocycles. The number of anilines is 1. The molecule has 1 aliphatic rings. The standard InChI is InChI=1S/C24H32N4O3/c1-18(29)9-3-2-4-12-22(27-23(30)17-28-13-7-8-14-28)24(31)26-20-15-19-10-5-6-11-21(19)25-16-20/h5-6,10-11,15-16,22H,2-4,7-9,12-14,17H2,1H3,(H,26,31)(H,27,30). The van der Waals surface area contributed by atoms with Crippen LogP contribution >= 0.6 is 0 Å². The van der Waals surface area contributed by atoms with Crippen LogP contribution in [0.4, 0.5) is 5.69 Å². The number of pyridine rings is 1. The van der Waals surface area contributed by atoms with Crippen molar-refractivity contribution in [3.05, 3.63) is 36.5 Å². The monoisotopic (exact) mass is 424 g/mol. The molecule has 7 nitrogen and oxygen atoms in total. The number of hydrogen-bond donors (Lipinski definition) is 2. The maximum Gasteiger partial charge on any atom is 0.246 e. The number of amides is 2. The highest BCUT2D eigenvalue weighted by atomic mass is 16.2. The topological polar surface area (TPSA) is 91.4 Å². The maximum absolute atomic E-state index is 13.0. The van der Waals surface area contributed by atoms with E-state index in [1.807, 2.05) is 30.3 Å². The lowest BCUT2D eigenvalue weighted by atomic mass is 10.1. The molecule has 1 aliphatic heterocycles. The molecule has 1 aromatic heterocycles. The average molecular weight is 425 g/mol. The molecule has 0 spiro atoms. The molecule has 1 aromatic carbocycles. The van der Waals surface area contributed by atoms with E-state index in [9.17, 15) is 14.4 Å². The van der Waals surface area contributed by atoms with Crippen LogP contribution in [0.15, 0.2) is 36.5 Å². The van der Waals surface area contributed by atoms with E-state index in [0.29, 0.717) is 25.1 Å².